The van der Waals surface area contributed by atoms with Crippen molar-refractivity contribution in [2.75, 3.05) is 11.1 Å². The molecular weight excluding hydrogens is 438 g/mol. The molecule has 7 nitrogen and oxygen atoms in total. The number of imidazole rings is 1. The predicted octanol–water partition coefficient (Wildman–Crippen LogP) is 4.99. The zero-order valence-electron chi connectivity index (χ0n) is 18.8. The normalized spacial score (nSPS) is 10.7. The van der Waals surface area contributed by atoms with Crippen LogP contribution in [0.2, 0.25) is 0 Å². The van der Waals surface area contributed by atoms with Crippen molar-refractivity contribution in [2.24, 2.45) is 0 Å². The van der Waals surface area contributed by atoms with Crippen LogP contribution in [0.15, 0.2) is 97.1 Å². The SMILES string of the molecule is Nc1ccccc1NC(=O)c1ccc(CNC(=O)c2ccc3nc(-c4ccccc4)[nH]c3c2)cc1. The average molecular weight is 462 g/mol. The molecule has 35 heavy (non-hydrogen) atoms. The van der Waals surface area contributed by atoms with Gasteiger partial charge < -0.3 is 21.4 Å². The zero-order valence-corrected chi connectivity index (χ0v) is 18.8. The van der Waals surface area contributed by atoms with Crippen LogP contribution in [-0.2, 0) is 6.54 Å². The van der Waals surface area contributed by atoms with E-state index in [2.05, 4.69) is 20.6 Å². The lowest BCUT2D eigenvalue weighted by Crippen LogP contribution is -2.22. The van der Waals surface area contributed by atoms with Gasteiger partial charge in [0.15, 0.2) is 0 Å². The molecule has 5 rings (SSSR count). The van der Waals surface area contributed by atoms with Gasteiger partial charge in [0.2, 0.25) is 0 Å². The van der Waals surface area contributed by atoms with E-state index in [4.69, 9.17) is 5.73 Å². The Morgan fingerprint density at radius 1 is 0.800 bits per heavy atom. The number of carbonyl (C=O) groups excluding carboxylic acids is 2. The van der Waals surface area contributed by atoms with Gasteiger partial charge >= 0.3 is 0 Å². The maximum absolute atomic E-state index is 12.7. The van der Waals surface area contributed by atoms with Gasteiger partial charge in [0, 0.05) is 23.2 Å². The van der Waals surface area contributed by atoms with Gasteiger partial charge in [-0.05, 0) is 48.0 Å². The molecule has 5 aromatic rings. The highest BCUT2D eigenvalue weighted by Crippen LogP contribution is 2.21. The number of fused-ring (bicyclic) bond motifs is 1. The quantitative estimate of drug-likeness (QED) is 0.267. The van der Waals surface area contributed by atoms with Crippen molar-refractivity contribution in [2.45, 2.75) is 6.54 Å². The Labute approximate surface area is 202 Å². The number of nitrogen functional groups attached to an aromatic ring is 1. The number of nitrogens with two attached hydrogens (primary N) is 1. The van der Waals surface area contributed by atoms with Crippen molar-refractivity contribution in [3.8, 4) is 11.4 Å². The Morgan fingerprint density at radius 3 is 2.29 bits per heavy atom. The smallest absolute Gasteiger partial charge is 0.255 e. The molecule has 0 aliphatic heterocycles. The molecule has 0 saturated carbocycles. The molecule has 0 spiro atoms. The molecule has 1 aromatic heterocycles. The Kier molecular flexibility index (Phi) is 5.96. The van der Waals surface area contributed by atoms with Crippen LogP contribution < -0.4 is 16.4 Å². The predicted molar refractivity (Wildman–Crippen MR) is 138 cm³/mol. The minimum absolute atomic E-state index is 0.191. The first-order chi connectivity index (χ1) is 17.1. The number of hydrogen-bond donors (Lipinski definition) is 4. The molecule has 7 heteroatoms. The van der Waals surface area contributed by atoms with E-state index in [9.17, 15) is 9.59 Å². The molecule has 0 bridgehead atoms. The van der Waals surface area contributed by atoms with E-state index >= 15 is 0 Å². The van der Waals surface area contributed by atoms with Crippen molar-refractivity contribution in [1.82, 2.24) is 15.3 Å². The van der Waals surface area contributed by atoms with Gasteiger partial charge in [-0.25, -0.2) is 4.98 Å². The third-order valence-electron chi connectivity index (χ3n) is 5.67. The molecule has 0 radical (unpaired) electrons. The first kappa shape index (κ1) is 21.9. The van der Waals surface area contributed by atoms with Crippen LogP contribution in [0.5, 0.6) is 0 Å². The Morgan fingerprint density at radius 2 is 1.51 bits per heavy atom. The maximum Gasteiger partial charge on any atom is 0.255 e. The van der Waals surface area contributed by atoms with Gasteiger partial charge in [-0.2, -0.15) is 0 Å². The maximum atomic E-state index is 12.7. The average Bonchev–Trinajstić information content (AvgIpc) is 3.33. The van der Waals surface area contributed by atoms with Crippen molar-refractivity contribution in [3.05, 3.63) is 114 Å². The first-order valence-corrected chi connectivity index (χ1v) is 11.1. The van der Waals surface area contributed by atoms with E-state index in [1.165, 1.54) is 0 Å². The van der Waals surface area contributed by atoms with Gasteiger partial charge in [0.25, 0.3) is 11.8 Å². The van der Waals surface area contributed by atoms with Gasteiger partial charge in [0.05, 0.1) is 22.4 Å². The second-order valence-corrected chi connectivity index (χ2v) is 8.10. The number of para-hydroxylation sites is 2. The molecule has 0 aliphatic carbocycles. The lowest BCUT2D eigenvalue weighted by atomic mass is 10.1. The van der Waals surface area contributed by atoms with Crippen LogP contribution in [0.25, 0.3) is 22.4 Å². The van der Waals surface area contributed by atoms with Crippen LogP contribution in [0.1, 0.15) is 26.3 Å². The van der Waals surface area contributed by atoms with Gasteiger partial charge in [-0.15, -0.1) is 0 Å². The number of carbonyl (C=O) groups is 2. The molecule has 2 amide bonds. The second kappa shape index (κ2) is 9.52. The van der Waals surface area contributed by atoms with E-state index in [0.29, 0.717) is 29.0 Å². The topological polar surface area (TPSA) is 113 Å². The van der Waals surface area contributed by atoms with E-state index in [-0.39, 0.29) is 11.8 Å². The number of rotatable bonds is 6. The van der Waals surface area contributed by atoms with Crippen molar-refractivity contribution in [3.63, 3.8) is 0 Å². The fourth-order valence-corrected chi connectivity index (χ4v) is 3.75. The summed E-state index contributed by atoms with van der Waals surface area (Å²) in [6.07, 6.45) is 0. The summed E-state index contributed by atoms with van der Waals surface area (Å²) in [6, 6.07) is 29.4. The molecule has 172 valence electrons. The van der Waals surface area contributed by atoms with E-state index in [0.717, 1.165) is 28.0 Å². The van der Waals surface area contributed by atoms with Crippen molar-refractivity contribution >= 4 is 34.2 Å². The summed E-state index contributed by atoms with van der Waals surface area (Å²) >= 11 is 0. The van der Waals surface area contributed by atoms with Gasteiger partial charge in [0.1, 0.15) is 5.82 Å². The van der Waals surface area contributed by atoms with Gasteiger partial charge in [-0.1, -0.05) is 54.6 Å². The van der Waals surface area contributed by atoms with Crippen LogP contribution >= 0.6 is 0 Å². The van der Waals surface area contributed by atoms with E-state index in [1.54, 1.807) is 36.4 Å². The standard InChI is InChI=1S/C28H23N5O2/c29-22-8-4-5-9-23(22)33-28(35)20-12-10-18(11-13-20)17-30-27(34)21-14-15-24-25(16-21)32-26(31-24)19-6-2-1-3-7-19/h1-16H,17,29H2,(H,30,34)(H,31,32)(H,33,35). The van der Waals surface area contributed by atoms with Gasteiger partial charge in [-0.3, -0.25) is 9.59 Å². The summed E-state index contributed by atoms with van der Waals surface area (Å²) in [5.41, 5.74) is 11.5. The highest BCUT2D eigenvalue weighted by molar-refractivity contribution is 6.05. The van der Waals surface area contributed by atoms with Crippen molar-refractivity contribution in [1.29, 1.82) is 0 Å². The largest absolute Gasteiger partial charge is 0.397 e. The molecule has 0 aliphatic rings. The monoisotopic (exact) mass is 461 g/mol. The number of nitrogens with one attached hydrogen (secondary N) is 3. The lowest BCUT2D eigenvalue weighted by molar-refractivity contribution is 0.0950. The third-order valence-corrected chi connectivity index (χ3v) is 5.67. The molecular formula is C28H23N5O2. The fourth-order valence-electron chi connectivity index (χ4n) is 3.75. The Balaban J connectivity index is 1.22. The summed E-state index contributed by atoms with van der Waals surface area (Å²) < 4.78 is 0. The first-order valence-electron chi connectivity index (χ1n) is 11.1. The number of benzene rings is 4. The number of H-pyrrole nitrogens is 1. The number of aromatic nitrogens is 2. The molecule has 0 unspecified atom stereocenters. The summed E-state index contributed by atoms with van der Waals surface area (Å²) in [5.74, 6) is 0.322. The molecule has 0 fully saturated rings. The fraction of sp³-hybridized carbons (Fsp3) is 0.0357. The molecule has 5 N–H and O–H groups in total. The van der Waals surface area contributed by atoms with E-state index < -0.39 is 0 Å². The van der Waals surface area contributed by atoms with Crippen LogP contribution in [-0.4, -0.2) is 21.8 Å². The zero-order chi connectivity index (χ0) is 24.2. The lowest BCUT2D eigenvalue weighted by Gasteiger charge is -2.09. The Bertz CT molecular complexity index is 1510. The van der Waals surface area contributed by atoms with E-state index in [1.807, 2.05) is 60.7 Å². The highest BCUT2D eigenvalue weighted by Gasteiger charge is 2.11. The number of amides is 2. The summed E-state index contributed by atoms with van der Waals surface area (Å²) in [6.45, 7) is 0.336. The number of nitrogens with zero attached hydrogens (tertiary/aromatic N) is 1. The highest BCUT2D eigenvalue weighted by atomic mass is 16.2. The molecule has 1 heterocycles. The number of aromatic amines is 1. The Hall–Kier alpha value is -4.91. The second-order valence-electron chi connectivity index (χ2n) is 8.10. The number of anilines is 2. The summed E-state index contributed by atoms with van der Waals surface area (Å²) in [5, 5.41) is 5.73. The van der Waals surface area contributed by atoms with Crippen molar-refractivity contribution < 1.29 is 9.59 Å². The summed E-state index contributed by atoms with van der Waals surface area (Å²) in [4.78, 5) is 33.1. The minimum Gasteiger partial charge on any atom is -0.397 e. The van der Waals surface area contributed by atoms with Crippen LogP contribution in [0.4, 0.5) is 11.4 Å². The third kappa shape index (κ3) is 4.89. The summed E-state index contributed by atoms with van der Waals surface area (Å²) in [7, 11) is 0. The molecule has 4 aromatic carbocycles. The molecule has 0 atom stereocenters. The van der Waals surface area contributed by atoms with Crippen LogP contribution in [0.3, 0.4) is 0 Å². The number of hydrogen-bond acceptors (Lipinski definition) is 4. The van der Waals surface area contributed by atoms with Crippen LogP contribution in [0, 0.1) is 0 Å². The minimum atomic E-state index is -0.249. The molecule has 0 saturated heterocycles.